The number of carbonyl (C=O) groups excluding carboxylic acids is 1. The van der Waals surface area contributed by atoms with Crippen LogP contribution in [0.15, 0.2) is 29.2 Å². The van der Waals surface area contributed by atoms with Crippen LogP contribution in [0.3, 0.4) is 0 Å². The standard InChI is InChI=1S/C18H27N3O4S/c22-18(15-20-9-3-1-2-4-10-20)19-16-5-7-17(8-6-16)26(23,24)21-11-13-25-14-12-21/h5-8H,1-4,9-15H2,(H,19,22)/p+1. The maximum Gasteiger partial charge on any atom is 0.279 e. The highest BCUT2D eigenvalue weighted by molar-refractivity contribution is 7.89. The van der Waals surface area contributed by atoms with E-state index in [0.29, 0.717) is 38.5 Å². The number of rotatable bonds is 5. The number of amides is 1. The first kappa shape index (κ1) is 19.3. The number of quaternary nitrogens is 1. The number of nitrogens with one attached hydrogen (secondary N) is 2. The molecule has 26 heavy (non-hydrogen) atoms. The fraction of sp³-hybridized carbons (Fsp3) is 0.611. The molecule has 0 radical (unpaired) electrons. The Bertz CT molecular complexity index is 692. The van der Waals surface area contributed by atoms with Gasteiger partial charge in [0.15, 0.2) is 6.54 Å². The van der Waals surface area contributed by atoms with E-state index in [1.165, 1.54) is 34.9 Å². The van der Waals surface area contributed by atoms with Crippen molar-refractivity contribution in [3.05, 3.63) is 24.3 Å². The Hall–Kier alpha value is -1.48. The van der Waals surface area contributed by atoms with Crippen LogP contribution in [0.1, 0.15) is 25.7 Å². The van der Waals surface area contributed by atoms with Crippen molar-refractivity contribution in [1.82, 2.24) is 4.31 Å². The van der Waals surface area contributed by atoms with Gasteiger partial charge in [-0.3, -0.25) is 4.79 Å². The third-order valence-electron chi connectivity index (χ3n) is 4.97. The summed E-state index contributed by atoms with van der Waals surface area (Å²) in [6.07, 6.45) is 4.86. The fourth-order valence-electron chi connectivity index (χ4n) is 3.48. The van der Waals surface area contributed by atoms with Crippen molar-refractivity contribution < 1.29 is 22.8 Å². The van der Waals surface area contributed by atoms with E-state index in [1.54, 1.807) is 24.3 Å². The Morgan fingerprint density at radius 1 is 1.04 bits per heavy atom. The van der Waals surface area contributed by atoms with Crippen molar-refractivity contribution >= 4 is 21.6 Å². The molecule has 2 N–H and O–H groups in total. The van der Waals surface area contributed by atoms with Gasteiger partial charge in [0.1, 0.15) is 0 Å². The molecule has 2 aliphatic heterocycles. The zero-order chi connectivity index (χ0) is 18.4. The summed E-state index contributed by atoms with van der Waals surface area (Å²) in [7, 11) is -3.50. The molecular weight excluding hydrogens is 354 g/mol. The number of hydrogen-bond donors (Lipinski definition) is 2. The van der Waals surface area contributed by atoms with Crippen LogP contribution in [0, 0.1) is 0 Å². The summed E-state index contributed by atoms with van der Waals surface area (Å²) in [5, 5.41) is 2.88. The van der Waals surface area contributed by atoms with E-state index in [4.69, 9.17) is 4.74 Å². The van der Waals surface area contributed by atoms with Gasteiger partial charge in [-0.1, -0.05) is 0 Å². The van der Waals surface area contributed by atoms with Gasteiger partial charge in [-0.25, -0.2) is 8.42 Å². The lowest BCUT2D eigenvalue weighted by Crippen LogP contribution is -3.12. The molecule has 0 saturated carbocycles. The molecular formula is C18H28N3O4S+. The summed E-state index contributed by atoms with van der Waals surface area (Å²) in [5.41, 5.74) is 0.630. The second-order valence-corrected chi connectivity index (χ2v) is 8.87. The van der Waals surface area contributed by atoms with Crippen LogP contribution in [-0.2, 0) is 19.6 Å². The third kappa shape index (κ3) is 5.03. The highest BCUT2D eigenvalue weighted by Gasteiger charge is 2.26. The van der Waals surface area contributed by atoms with Gasteiger partial charge in [0.05, 0.1) is 31.2 Å². The van der Waals surface area contributed by atoms with Gasteiger partial charge in [-0.15, -0.1) is 0 Å². The number of benzene rings is 1. The Balaban J connectivity index is 1.57. The number of nitrogens with zero attached hydrogens (tertiary/aromatic N) is 1. The smallest absolute Gasteiger partial charge is 0.279 e. The monoisotopic (exact) mass is 382 g/mol. The number of morpholine rings is 1. The van der Waals surface area contributed by atoms with Crippen LogP contribution in [0.4, 0.5) is 5.69 Å². The molecule has 3 rings (SSSR count). The summed E-state index contributed by atoms with van der Waals surface area (Å²) in [6, 6.07) is 6.42. The fourth-order valence-corrected chi connectivity index (χ4v) is 4.89. The lowest BCUT2D eigenvalue weighted by atomic mass is 10.2. The molecule has 1 aromatic carbocycles. The lowest BCUT2D eigenvalue weighted by Gasteiger charge is -2.26. The molecule has 7 nitrogen and oxygen atoms in total. The second kappa shape index (κ2) is 8.94. The van der Waals surface area contributed by atoms with E-state index >= 15 is 0 Å². The van der Waals surface area contributed by atoms with Gasteiger partial charge in [-0.2, -0.15) is 4.31 Å². The first-order valence-electron chi connectivity index (χ1n) is 9.37. The molecule has 0 atom stereocenters. The van der Waals surface area contributed by atoms with Gasteiger partial charge in [0.25, 0.3) is 5.91 Å². The normalized spacial score (nSPS) is 20.5. The average molecular weight is 383 g/mol. The van der Waals surface area contributed by atoms with E-state index in [2.05, 4.69) is 5.32 Å². The number of carbonyl (C=O) groups is 1. The highest BCUT2D eigenvalue weighted by Crippen LogP contribution is 2.19. The molecule has 144 valence electrons. The quantitative estimate of drug-likeness (QED) is 0.757. The van der Waals surface area contributed by atoms with E-state index in [9.17, 15) is 13.2 Å². The number of hydrogen-bond acceptors (Lipinski definition) is 4. The molecule has 0 aromatic heterocycles. The van der Waals surface area contributed by atoms with Crippen LogP contribution < -0.4 is 10.2 Å². The van der Waals surface area contributed by atoms with Crippen LogP contribution in [-0.4, -0.2) is 64.6 Å². The van der Waals surface area contributed by atoms with Crippen molar-refractivity contribution in [3.63, 3.8) is 0 Å². The van der Waals surface area contributed by atoms with E-state index in [-0.39, 0.29) is 10.8 Å². The molecule has 1 aromatic rings. The van der Waals surface area contributed by atoms with Crippen LogP contribution in [0.5, 0.6) is 0 Å². The first-order chi connectivity index (χ1) is 12.6. The molecule has 8 heteroatoms. The van der Waals surface area contributed by atoms with Crippen molar-refractivity contribution in [3.8, 4) is 0 Å². The predicted molar refractivity (Wildman–Crippen MR) is 98.7 cm³/mol. The molecule has 2 heterocycles. The minimum atomic E-state index is -3.50. The molecule has 0 bridgehead atoms. The van der Waals surface area contributed by atoms with Crippen molar-refractivity contribution in [2.24, 2.45) is 0 Å². The minimum Gasteiger partial charge on any atom is -0.379 e. The van der Waals surface area contributed by atoms with Crippen molar-refractivity contribution in [2.45, 2.75) is 30.6 Å². The molecule has 1 amide bonds. The van der Waals surface area contributed by atoms with Gasteiger partial charge in [-0.05, 0) is 49.9 Å². The summed E-state index contributed by atoms with van der Waals surface area (Å²) in [5.74, 6) is -0.0225. The Kier molecular flexibility index (Phi) is 6.63. The Morgan fingerprint density at radius 3 is 2.27 bits per heavy atom. The lowest BCUT2D eigenvalue weighted by molar-refractivity contribution is -0.890. The van der Waals surface area contributed by atoms with Crippen molar-refractivity contribution in [2.75, 3.05) is 51.3 Å². The Labute approximate surface area is 155 Å². The number of sulfonamides is 1. The van der Waals surface area contributed by atoms with Gasteiger partial charge in [0, 0.05) is 18.8 Å². The van der Waals surface area contributed by atoms with Gasteiger partial charge in [0.2, 0.25) is 10.0 Å². The molecule has 2 saturated heterocycles. The number of anilines is 1. The maximum atomic E-state index is 12.6. The zero-order valence-corrected chi connectivity index (χ0v) is 15.9. The van der Waals surface area contributed by atoms with E-state index in [0.717, 1.165) is 13.1 Å². The average Bonchev–Trinajstić information content (AvgIpc) is 2.91. The largest absolute Gasteiger partial charge is 0.379 e. The minimum absolute atomic E-state index is 0.0225. The number of likely N-dealkylation sites (tertiary alicyclic amines) is 1. The topological polar surface area (TPSA) is 80.2 Å². The summed E-state index contributed by atoms with van der Waals surface area (Å²) < 4.78 is 31.8. The summed E-state index contributed by atoms with van der Waals surface area (Å²) >= 11 is 0. The summed E-state index contributed by atoms with van der Waals surface area (Å²) in [6.45, 7) is 4.15. The molecule has 0 spiro atoms. The molecule has 2 fully saturated rings. The molecule has 0 unspecified atom stereocenters. The van der Waals surface area contributed by atoms with Crippen LogP contribution >= 0.6 is 0 Å². The van der Waals surface area contributed by atoms with Gasteiger partial charge >= 0.3 is 0 Å². The first-order valence-corrected chi connectivity index (χ1v) is 10.8. The highest BCUT2D eigenvalue weighted by atomic mass is 32.2. The SMILES string of the molecule is O=C(C[NH+]1CCCCCC1)Nc1ccc(S(=O)(=O)N2CCOCC2)cc1. The zero-order valence-electron chi connectivity index (χ0n) is 15.1. The van der Waals surface area contributed by atoms with E-state index < -0.39 is 10.0 Å². The number of ether oxygens (including phenoxy) is 1. The third-order valence-corrected chi connectivity index (χ3v) is 6.88. The molecule has 2 aliphatic rings. The predicted octanol–water partition coefficient (Wildman–Crippen LogP) is 0.105. The Morgan fingerprint density at radius 2 is 1.65 bits per heavy atom. The second-order valence-electron chi connectivity index (χ2n) is 6.93. The molecule has 0 aliphatic carbocycles. The van der Waals surface area contributed by atoms with Gasteiger partial charge < -0.3 is 15.0 Å². The summed E-state index contributed by atoms with van der Waals surface area (Å²) in [4.78, 5) is 13.8. The maximum absolute atomic E-state index is 12.6. The van der Waals surface area contributed by atoms with Crippen LogP contribution in [0.25, 0.3) is 0 Å². The van der Waals surface area contributed by atoms with Crippen molar-refractivity contribution in [1.29, 1.82) is 0 Å². The van der Waals surface area contributed by atoms with Crippen LogP contribution in [0.2, 0.25) is 0 Å². The van der Waals surface area contributed by atoms with E-state index in [1.807, 2.05) is 0 Å².